The average molecular weight is 746 g/mol. The van der Waals surface area contributed by atoms with Crippen LogP contribution in [0.5, 0.6) is 0 Å². The summed E-state index contributed by atoms with van der Waals surface area (Å²) in [6.45, 7) is 22.8. The van der Waals surface area contributed by atoms with E-state index in [1.165, 1.54) is 62.8 Å². The van der Waals surface area contributed by atoms with Crippen LogP contribution in [0.15, 0.2) is 78.2 Å². The second-order valence-corrected chi connectivity index (χ2v) is 20.2. The zero-order valence-electron chi connectivity index (χ0n) is 35.7. The largest absolute Gasteiger partial charge is 0.325 e. The highest BCUT2D eigenvalue weighted by molar-refractivity contribution is 5.94. The van der Waals surface area contributed by atoms with Crippen LogP contribution in [0.25, 0.3) is 0 Å². The molecule has 6 bridgehead atoms. The smallest absolute Gasteiger partial charge is 0.139 e. The van der Waals surface area contributed by atoms with Crippen molar-refractivity contribution in [1.82, 2.24) is 15.0 Å². The van der Waals surface area contributed by atoms with Crippen LogP contribution in [-0.2, 0) is 24.3 Å². The van der Waals surface area contributed by atoms with Crippen LogP contribution in [0.2, 0.25) is 0 Å². The zero-order chi connectivity index (χ0) is 39.7. The number of rotatable bonds is 6. The van der Waals surface area contributed by atoms with E-state index < -0.39 is 0 Å². The maximum Gasteiger partial charge on any atom is 0.139 e. The fraction of sp³-hybridized carbons (Fsp3) is 0.653. The fourth-order valence-electron chi connectivity index (χ4n) is 11.9. The van der Waals surface area contributed by atoms with Crippen LogP contribution in [0, 0.1) is 56.2 Å². The van der Waals surface area contributed by atoms with Crippen LogP contribution in [0.3, 0.4) is 0 Å². The molecule has 55 heavy (non-hydrogen) atoms. The molecule has 9 rings (SSSR count). The van der Waals surface area contributed by atoms with Gasteiger partial charge in [-0.2, -0.15) is 0 Å². The molecule has 0 amide bonds. The van der Waals surface area contributed by atoms with Gasteiger partial charge in [0, 0.05) is 53.8 Å². The molecule has 7 atom stereocenters. The minimum atomic E-state index is 0.0255. The summed E-state index contributed by atoms with van der Waals surface area (Å²) in [6, 6.07) is 18.0. The number of nitrogens with two attached hydrogens (primary N) is 1. The van der Waals surface area contributed by atoms with Gasteiger partial charge < -0.3 is 5.73 Å². The Kier molecular flexibility index (Phi) is 12.0. The summed E-state index contributed by atoms with van der Waals surface area (Å²) in [5, 5.41) is 0. The molecule has 4 unspecified atom stereocenters. The fourth-order valence-corrected chi connectivity index (χ4v) is 11.9. The van der Waals surface area contributed by atoms with Gasteiger partial charge in [-0.05, 0) is 146 Å². The first kappa shape index (κ1) is 41.4. The Hall–Kier alpha value is -3.25. The Morgan fingerprint density at radius 1 is 0.636 bits per heavy atom. The molecule has 0 spiro atoms. The molecule has 3 aromatic rings. The molecule has 6 aliphatic rings. The molecule has 6 saturated carbocycles. The lowest BCUT2D eigenvalue weighted by Gasteiger charge is -2.39. The van der Waals surface area contributed by atoms with Gasteiger partial charge in [0.1, 0.15) is 5.78 Å². The number of hydrogen-bond acceptors (Lipinski definition) is 6. The van der Waals surface area contributed by atoms with E-state index in [1.54, 1.807) is 6.20 Å². The molecule has 6 fully saturated rings. The van der Waals surface area contributed by atoms with Gasteiger partial charge in [0.05, 0.1) is 17.9 Å². The minimum Gasteiger partial charge on any atom is -0.325 e. The lowest BCUT2D eigenvalue weighted by atomic mass is 9.65. The SMILES string of the molecule is CC1(C)C2CC[C@@]1(C)C(=NCc1ccccn1)C2.CC1(C)C2CC[C@@]1(C)C(=O)C2.CC1(C)C2CC[C@@]1(C)C(CCc1ccccn1)C2.NCc1ccccn1. The van der Waals surface area contributed by atoms with Crippen molar-refractivity contribution >= 4 is 11.5 Å². The summed E-state index contributed by atoms with van der Waals surface area (Å²) < 4.78 is 0. The quantitative estimate of drug-likeness (QED) is 0.271. The van der Waals surface area contributed by atoms with Crippen LogP contribution in [0.1, 0.15) is 144 Å². The Balaban J connectivity index is 0.000000131. The number of carbonyl (C=O) groups excluding carboxylic acids is 1. The summed E-state index contributed by atoms with van der Waals surface area (Å²) in [5.74, 6) is 3.91. The Bertz CT molecular complexity index is 1770. The van der Waals surface area contributed by atoms with E-state index in [1.807, 2.05) is 48.8 Å². The number of ketones is 1. The van der Waals surface area contributed by atoms with Crippen molar-refractivity contribution in [2.24, 2.45) is 66.9 Å². The van der Waals surface area contributed by atoms with E-state index in [0.29, 0.717) is 39.9 Å². The highest BCUT2D eigenvalue weighted by Gasteiger charge is 2.62. The third-order valence-electron chi connectivity index (χ3n) is 17.5. The summed E-state index contributed by atoms with van der Waals surface area (Å²) in [6.07, 6.45) is 19.5. The molecule has 0 aliphatic heterocycles. The van der Waals surface area contributed by atoms with E-state index >= 15 is 0 Å². The first-order valence-electron chi connectivity index (χ1n) is 21.5. The number of pyridine rings is 3. The van der Waals surface area contributed by atoms with Crippen LogP contribution in [-0.4, -0.2) is 26.4 Å². The van der Waals surface area contributed by atoms with Gasteiger partial charge in [-0.25, -0.2) is 0 Å². The predicted molar refractivity (Wildman–Crippen MR) is 226 cm³/mol. The van der Waals surface area contributed by atoms with Crippen molar-refractivity contribution in [2.45, 2.75) is 146 Å². The van der Waals surface area contributed by atoms with Gasteiger partial charge >= 0.3 is 0 Å². The molecule has 3 heterocycles. The van der Waals surface area contributed by atoms with E-state index in [9.17, 15) is 4.79 Å². The van der Waals surface area contributed by atoms with Gasteiger partial charge in [0.15, 0.2) is 0 Å². The number of hydrogen-bond donors (Lipinski definition) is 1. The van der Waals surface area contributed by atoms with Crippen molar-refractivity contribution in [3.8, 4) is 0 Å². The molecule has 6 heteroatoms. The molecular weight excluding hydrogens is 675 g/mol. The van der Waals surface area contributed by atoms with E-state index in [4.69, 9.17) is 10.7 Å². The predicted octanol–water partition coefficient (Wildman–Crippen LogP) is 11.3. The average Bonchev–Trinajstić information content (AvgIpc) is 3.83. The van der Waals surface area contributed by atoms with E-state index in [2.05, 4.69) is 95.5 Å². The Morgan fingerprint density at radius 3 is 1.53 bits per heavy atom. The monoisotopic (exact) mass is 746 g/mol. The Morgan fingerprint density at radius 2 is 1.16 bits per heavy atom. The third-order valence-corrected chi connectivity index (χ3v) is 17.5. The molecule has 2 N–H and O–H groups in total. The topological polar surface area (TPSA) is 94.1 Å². The zero-order valence-corrected chi connectivity index (χ0v) is 35.7. The molecule has 3 aromatic heterocycles. The van der Waals surface area contributed by atoms with Gasteiger partial charge in [-0.3, -0.25) is 24.7 Å². The molecule has 0 aromatic carbocycles. The van der Waals surface area contributed by atoms with Crippen molar-refractivity contribution < 1.29 is 4.79 Å². The van der Waals surface area contributed by atoms with E-state index in [0.717, 1.165) is 54.9 Å². The Labute approximate surface area is 333 Å². The molecule has 0 saturated heterocycles. The van der Waals surface area contributed by atoms with E-state index in [-0.39, 0.29) is 10.8 Å². The number of Topliss-reactive ketones (excluding diaryl/α,β-unsaturated/α-hetero) is 1. The number of fused-ring (bicyclic) bond motifs is 6. The van der Waals surface area contributed by atoms with Crippen molar-refractivity contribution in [2.75, 3.05) is 0 Å². The number of aliphatic imine (C=N–C) groups is 1. The second-order valence-electron chi connectivity index (χ2n) is 20.2. The summed E-state index contributed by atoms with van der Waals surface area (Å²) >= 11 is 0. The lowest BCUT2D eigenvalue weighted by Crippen LogP contribution is -2.32. The van der Waals surface area contributed by atoms with Crippen molar-refractivity contribution in [3.05, 3.63) is 90.3 Å². The van der Waals surface area contributed by atoms with Gasteiger partial charge in [0.25, 0.3) is 0 Å². The van der Waals surface area contributed by atoms with Crippen molar-refractivity contribution in [3.63, 3.8) is 0 Å². The normalized spacial score (nSPS) is 34.4. The maximum absolute atomic E-state index is 11.6. The molecule has 298 valence electrons. The van der Waals surface area contributed by atoms with Gasteiger partial charge in [-0.1, -0.05) is 80.5 Å². The minimum absolute atomic E-state index is 0.0255. The van der Waals surface area contributed by atoms with Crippen LogP contribution < -0.4 is 5.73 Å². The highest BCUT2D eigenvalue weighted by Crippen LogP contribution is 2.69. The maximum atomic E-state index is 11.6. The first-order valence-corrected chi connectivity index (χ1v) is 21.5. The summed E-state index contributed by atoms with van der Waals surface area (Å²) in [7, 11) is 0. The van der Waals surface area contributed by atoms with Crippen LogP contribution in [0.4, 0.5) is 0 Å². The summed E-state index contributed by atoms with van der Waals surface area (Å²) in [4.78, 5) is 29.3. The van der Waals surface area contributed by atoms with Gasteiger partial charge in [0.2, 0.25) is 0 Å². The lowest BCUT2D eigenvalue weighted by molar-refractivity contribution is -0.128. The second kappa shape index (κ2) is 15.9. The third kappa shape index (κ3) is 7.63. The van der Waals surface area contributed by atoms with Crippen molar-refractivity contribution in [1.29, 1.82) is 0 Å². The van der Waals surface area contributed by atoms with Gasteiger partial charge in [-0.15, -0.1) is 0 Å². The summed E-state index contributed by atoms with van der Waals surface area (Å²) in [5.41, 5.74) is 12.2. The molecular formula is C49H71N5O. The number of aryl methyl sites for hydroxylation is 1. The van der Waals surface area contributed by atoms with Crippen LogP contribution >= 0.6 is 0 Å². The molecule has 6 nitrogen and oxygen atoms in total. The number of carbonyl (C=O) groups is 1. The highest BCUT2D eigenvalue weighted by atomic mass is 16.1. The first-order chi connectivity index (χ1) is 26.0. The number of aromatic nitrogens is 3. The molecule has 0 radical (unpaired) electrons. The molecule has 6 aliphatic carbocycles. The number of nitrogens with zero attached hydrogens (tertiary/aromatic N) is 4. The standard InChI is InChI=1S/C17H25N.C16H22N2.C10H16O.C6H8N2/c1-16(2)13-9-10-17(16,3)14(12-13)7-8-15-6-4-5-11-18-15;1-15(2)12-7-8-16(15,3)14(10-12)18-11-13-6-4-5-9-17-13;1-9(2)7-4-5-10(9,3)8(11)6-7;7-5-6-3-1-2-4-8-6/h4-6,11,13-14H,7-10,12H2,1-3H3;4-6,9,12H,7-8,10-11H2,1-3H3;7H,4-6H2,1-3H3;1-4H,5,7H2/t13?,14?,17-;12?,16-;7?,10-;/m000./s1.